The first-order chi connectivity index (χ1) is 14.1. The zero-order valence-corrected chi connectivity index (χ0v) is 17.9. The minimum atomic E-state index is -3.40. The van der Waals surface area contributed by atoms with E-state index in [0.717, 1.165) is 11.8 Å². The number of sulfone groups is 1. The SMILES string of the molecule is CN(C(=O)Nc1cccc(S(C)(=O)=O)c1)C(c1ccc(F)cc1)c1ccc(Cl)cc1. The van der Waals surface area contributed by atoms with E-state index in [1.165, 1.54) is 29.2 Å². The van der Waals surface area contributed by atoms with Crippen molar-refractivity contribution in [2.45, 2.75) is 10.9 Å². The van der Waals surface area contributed by atoms with E-state index >= 15 is 0 Å². The summed E-state index contributed by atoms with van der Waals surface area (Å²) in [6.07, 6.45) is 1.10. The fraction of sp³-hybridized carbons (Fsp3) is 0.136. The zero-order valence-electron chi connectivity index (χ0n) is 16.3. The summed E-state index contributed by atoms with van der Waals surface area (Å²) in [6, 6.07) is 18.0. The topological polar surface area (TPSA) is 66.5 Å². The molecule has 8 heteroatoms. The van der Waals surface area contributed by atoms with Crippen molar-refractivity contribution in [3.8, 4) is 0 Å². The van der Waals surface area contributed by atoms with E-state index in [9.17, 15) is 17.6 Å². The van der Waals surface area contributed by atoms with Crippen LogP contribution < -0.4 is 5.32 Å². The van der Waals surface area contributed by atoms with Gasteiger partial charge < -0.3 is 10.2 Å². The lowest BCUT2D eigenvalue weighted by Crippen LogP contribution is -2.35. The Hall–Kier alpha value is -2.90. The fourth-order valence-corrected chi connectivity index (χ4v) is 3.86. The van der Waals surface area contributed by atoms with Gasteiger partial charge in [-0.3, -0.25) is 0 Å². The van der Waals surface area contributed by atoms with Crippen LogP contribution >= 0.6 is 11.6 Å². The van der Waals surface area contributed by atoms with E-state index in [1.807, 2.05) is 0 Å². The van der Waals surface area contributed by atoms with E-state index in [2.05, 4.69) is 5.32 Å². The number of carbonyl (C=O) groups is 1. The number of benzene rings is 3. The summed E-state index contributed by atoms with van der Waals surface area (Å²) in [7, 11) is -1.80. The van der Waals surface area contributed by atoms with Gasteiger partial charge in [-0.15, -0.1) is 0 Å². The summed E-state index contributed by atoms with van der Waals surface area (Å²) < 4.78 is 37.0. The molecule has 3 aromatic rings. The van der Waals surface area contributed by atoms with Crippen molar-refractivity contribution in [2.24, 2.45) is 0 Å². The van der Waals surface area contributed by atoms with Crippen LogP contribution in [0.2, 0.25) is 5.02 Å². The third-order valence-corrected chi connectivity index (χ3v) is 5.95. The molecule has 5 nitrogen and oxygen atoms in total. The molecular formula is C22H20ClFN2O3S. The number of rotatable bonds is 5. The van der Waals surface area contributed by atoms with Gasteiger partial charge in [-0.2, -0.15) is 0 Å². The van der Waals surface area contributed by atoms with Gasteiger partial charge in [0, 0.05) is 24.0 Å². The van der Waals surface area contributed by atoms with Gasteiger partial charge in [0.2, 0.25) is 0 Å². The Balaban J connectivity index is 1.92. The minimum Gasteiger partial charge on any atom is -0.316 e. The van der Waals surface area contributed by atoms with Crippen LogP contribution in [-0.4, -0.2) is 32.7 Å². The molecule has 1 N–H and O–H groups in total. The second-order valence-corrected chi connectivity index (χ2v) is 9.30. The molecule has 0 spiro atoms. The van der Waals surface area contributed by atoms with E-state index in [-0.39, 0.29) is 10.7 Å². The van der Waals surface area contributed by atoms with Crippen molar-refractivity contribution in [1.29, 1.82) is 0 Å². The number of hydrogen-bond acceptors (Lipinski definition) is 3. The number of amides is 2. The van der Waals surface area contributed by atoms with Gasteiger partial charge in [0.1, 0.15) is 5.82 Å². The van der Waals surface area contributed by atoms with E-state index in [1.54, 1.807) is 55.6 Å². The molecule has 156 valence electrons. The van der Waals surface area contributed by atoms with Crippen LogP contribution in [-0.2, 0) is 9.84 Å². The van der Waals surface area contributed by atoms with Gasteiger partial charge in [0.05, 0.1) is 10.9 Å². The number of halogens is 2. The Kier molecular flexibility index (Phi) is 6.43. The molecule has 3 aromatic carbocycles. The van der Waals surface area contributed by atoms with Crippen molar-refractivity contribution in [1.82, 2.24) is 4.90 Å². The number of nitrogens with zero attached hydrogens (tertiary/aromatic N) is 1. The lowest BCUT2D eigenvalue weighted by molar-refractivity contribution is 0.212. The molecule has 0 fully saturated rings. The molecule has 0 radical (unpaired) electrons. The van der Waals surface area contributed by atoms with E-state index < -0.39 is 21.9 Å². The van der Waals surface area contributed by atoms with Crippen LogP contribution in [0.1, 0.15) is 17.2 Å². The Bertz CT molecular complexity index is 1100. The average molecular weight is 447 g/mol. The highest BCUT2D eigenvalue weighted by molar-refractivity contribution is 7.90. The average Bonchev–Trinajstić information content (AvgIpc) is 2.70. The second-order valence-electron chi connectivity index (χ2n) is 6.85. The van der Waals surface area contributed by atoms with Crippen LogP contribution in [0.5, 0.6) is 0 Å². The summed E-state index contributed by atoms with van der Waals surface area (Å²) in [5.41, 5.74) is 1.85. The van der Waals surface area contributed by atoms with Crippen molar-refractivity contribution >= 4 is 33.2 Å². The molecule has 1 atom stereocenters. The highest BCUT2D eigenvalue weighted by Crippen LogP contribution is 2.29. The van der Waals surface area contributed by atoms with Crippen LogP contribution in [0.15, 0.2) is 77.7 Å². The third kappa shape index (κ3) is 5.17. The summed E-state index contributed by atoms with van der Waals surface area (Å²) >= 11 is 5.99. The van der Waals surface area contributed by atoms with Gasteiger partial charge in [-0.25, -0.2) is 17.6 Å². The molecule has 0 heterocycles. The van der Waals surface area contributed by atoms with E-state index in [4.69, 9.17) is 11.6 Å². The van der Waals surface area contributed by atoms with Crippen molar-refractivity contribution in [3.63, 3.8) is 0 Å². The summed E-state index contributed by atoms with van der Waals surface area (Å²) in [5, 5.41) is 3.28. The Labute approximate surface area is 180 Å². The Morgan fingerprint density at radius 3 is 2.13 bits per heavy atom. The molecule has 30 heavy (non-hydrogen) atoms. The molecule has 1 unspecified atom stereocenters. The molecule has 0 saturated heterocycles. The second kappa shape index (κ2) is 8.85. The maximum absolute atomic E-state index is 13.4. The highest BCUT2D eigenvalue weighted by Gasteiger charge is 2.24. The molecule has 0 bridgehead atoms. The first-order valence-corrected chi connectivity index (χ1v) is 11.3. The van der Waals surface area contributed by atoms with Crippen LogP contribution in [0, 0.1) is 5.82 Å². The van der Waals surface area contributed by atoms with Gasteiger partial charge in [-0.05, 0) is 53.6 Å². The largest absolute Gasteiger partial charge is 0.322 e. The molecule has 0 aliphatic heterocycles. The van der Waals surface area contributed by atoms with Crippen LogP contribution in [0.25, 0.3) is 0 Å². The highest BCUT2D eigenvalue weighted by atomic mass is 35.5. The molecule has 0 saturated carbocycles. The standard InChI is InChI=1S/C22H20ClFN2O3S/c1-26(22(27)25-19-4-3-5-20(14-19)30(2,28)29)21(15-6-10-17(23)11-7-15)16-8-12-18(24)13-9-16/h3-14,21H,1-2H3,(H,25,27). The number of carbonyl (C=O) groups excluding carboxylic acids is 1. The maximum Gasteiger partial charge on any atom is 0.322 e. The lowest BCUT2D eigenvalue weighted by Gasteiger charge is -2.29. The smallest absolute Gasteiger partial charge is 0.316 e. The molecule has 3 rings (SSSR count). The molecule has 2 amide bonds. The predicted molar refractivity (Wildman–Crippen MR) is 116 cm³/mol. The van der Waals surface area contributed by atoms with Crippen LogP contribution in [0.3, 0.4) is 0 Å². The first-order valence-electron chi connectivity index (χ1n) is 9.00. The molecule has 0 aliphatic carbocycles. The zero-order chi connectivity index (χ0) is 21.9. The van der Waals surface area contributed by atoms with Crippen LogP contribution in [0.4, 0.5) is 14.9 Å². The van der Waals surface area contributed by atoms with Gasteiger partial charge >= 0.3 is 6.03 Å². The third-order valence-electron chi connectivity index (χ3n) is 4.59. The Morgan fingerprint density at radius 2 is 1.57 bits per heavy atom. The Morgan fingerprint density at radius 1 is 1.00 bits per heavy atom. The normalized spacial score (nSPS) is 12.3. The molecular weight excluding hydrogens is 427 g/mol. The minimum absolute atomic E-state index is 0.107. The van der Waals surface area contributed by atoms with Crippen molar-refractivity contribution in [2.75, 3.05) is 18.6 Å². The number of anilines is 1. The monoisotopic (exact) mass is 446 g/mol. The fourth-order valence-electron chi connectivity index (χ4n) is 3.06. The summed E-state index contributed by atoms with van der Waals surface area (Å²) in [6.45, 7) is 0. The molecule has 0 aliphatic rings. The van der Waals surface area contributed by atoms with Gasteiger partial charge in [0.15, 0.2) is 9.84 Å². The van der Waals surface area contributed by atoms with Crippen molar-refractivity contribution < 1.29 is 17.6 Å². The lowest BCUT2D eigenvalue weighted by atomic mass is 9.97. The van der Waals surface area contributed by atoms with Crippen molar-refractivity contribution in [3.05, 3.63) is 94.8 Å². The first kappa shape index (κ1) is 21.8. The number of nitrogens with one attached hydrogen (secondary N) is 1. The van der Waals surface area contributed by atoms with Gasteiger partial charge in [0.25, 0.3) is 0 Å². The maximum atomic E-state index is 13.4. The summed E-state index contributed by atoms with van der Waals surface area (Å²) in [5.74, 6) is -0.377. The number of urea groups is 1. The quantitative estimate of drug-likeness (QED) is 0.590. The van der Waals surface area contributed by atoms with Gasteiger partial charge in [-0.1, -0.05) is 41.9 Å². The summed E-state index contributed by atoms with van der Waals surface area (Å²) in [4.78, 5) is 14.5. The molecule has 0 aromatic heterocycles. The number of hydrogen-bond donors (Lipinski definition) is 1. The van der Waals surface area contributed by atoms with E-state index in [0.29, 0.717) is 16.3 Å². The predicted octanol–water partition coefficient (Wildman–Crippen LogP) is 5.14.